The summed E-state index contributed by atoms with van der Waals surface area (Å²) >= 11 is 0. The van der Waals surface area contributed by atoms with E-state index in [4.69, 9.17) is 5.73 Å². The van der Waals surface area contributed by atoms with E-state index < -0.39 is 0 Å². The molecule has 0 radical (unpaired) electrons. The van der Waals surface area contributed by atoms with Crippen molar-refractivity contribution in [3.8, 4) is 0 Å². The summed E-state index contributed by atoms with van der Waals surface area (Å²) in [6.07, 6.45) is 4.53. The van der Waals surface area contributed by atoms with E-state index in [2.05, 4.69) is 45.0 Å². The fourth-order valence-corrected chi connectivity index (χ4v) is 1.92. The molecule has 2 N–H and O–H groups in total. The average Bonchev–Trinajstić information content (AvgIpc) is 2.35. The molecule has 0 spiro atoms. The lowest BCUT2D eigenvalue weighted by molar-refractivity contribution is 0.530. The Balaban J connectivity index is 2.49. The minimum absolute atomic E-state index is 0.373. The molecular formula is C15H25N. The van der Waals surface area contributed by atoms with Crippen LogP contribution >= 0.6 is 0 Å². The molecule has 0 saturated heterocycles. The van der Waals surface area contributed by atoms with Crippen LogP contribution in [-0.2, 0) is 6.42 Å². The molecule has 90 valence electrons. The Hall–Kier alpha value is -0.820. The van der Waals surface area contributed by atoms with E-state index in [1.807, 2.05) is 0 Å². The highest BCUT2D eigenvalue weighted by Crippen LogP contribution is 2.22. The quantitative estimate of drug-likeness (QED) is 0.772. The van der Waals surface area contributed by atoms with Gasteiger partial charge in [0.15, 0.2) is 0 Å². The van der Waals surface area contributed by atoms with E-state index in [0.29, 0.717) is 12.0 Å². The van der Waals surface area contributed by atoms with Gasteiger partial charge < -0.3 is 5.73 Å². The molecule has 0 saturated carbocycles. The van der Waals surface area contributed by atoms with Crippen LogP contribution in [0.1, 0.15) is 57.1 Å². The van der Waals surface area contributed by atoms with Gasteiger partial charge in [0.2, 0.25) is 0 Å². The van der Waals surface area contributed by atoms with Gasteiger partial charge >= 0.3 is 0 Å². The summed E-state index contributed by atoms with van der Waals surface area (Å²) in [6, 6.07) is 9.39. The van der Waals surface area contributed by atoms with Crippen molar-refractivity contribution >= 4 is 0 Å². The number of aryl methyl sites for hydroxylation is 1. The molecular weight excluding hydrogens is 194 g/mol. The molecule has 2 atom stereocenters. The third kappa shape index (κ3) is 3.97. The maximum atomic E-state index is 5.94. The Kier molecular flexibility index (Phi) is 5.54. The van der Waals surface area contributed by atoms with Crippen LogP contribution < -0.4 is 5.73 Å². The lowest BCUT2D eigenvalue weighted by atomic mass is 9.93. The molecule has 0 aliphatic carbocycles. The second kappa shape index (κ2) is 6.70. The van der Waals surface area contributed by atoms with Crippen molar-refractivity contribution in [1.82, 2.24) is 0 Å². The van der Waals surface area contributed by atoms with Crippen LogP contribution in [-0.4, -0.2) is 6.04 Å². The lowest BCUT2D eigenvalue weighted by Crippen LogP contribution is -2.18. The summed E-state index contributed by atoms with van der Waals surface area (Å²) in [5.74, 6) is 0.628. The molecule has 16 heavy (non-hydrogen) atoms. The van der Waals surface area contributed by atoms with E-state index in [1.165, 1.54) is 17.5 Å². The van der Waals surface area contributed by atoms with Gasteiger partial charge in [0.25, 0.3) is 0 Å². The molecule has 0 fully saturated rings. The molecule has 1 heteroatoms. The van der Waals surface area contributed by atoms with Crippen molar-refractivity contribution in [2.24, 2.45) is 5.73 Å². The van der Waals surface area contributed by atoms with Gasteiger partial charge in [0.05, 0.1) is 0 Å². The first kappa shape index (κ1) is 13.2. The second-order valence-corrected chi connectivity index (χ2v) is 4.74. The van der Waals surface area contributed by atoms with Gasteiger partial charge in [-0.1, -0.05) is 45.0 Å². The third-order valence-electron chi connectivity index (χ3n) is 3.45. The SMILES string of the molecule is CCc1ccc(C(C)CCC(N)CC)cc1. The second-order valence-electron chi connectivity index (χ2n) is 4.74. The minimum atomic E-state index is 0.373. The van der Waals surface area contributed by atoms with Crippen molar-refractivity contribution in [3.05, 3.63) is 35.4 Å². The number of rotatable bonds is 6. The van der Waals surface area contributed by atoms with Crippen molar-refractivity contribution in [2.75, 3.05) is 0 Å². The van der Waals surface area contributed by atoms with Gasteiger partial charge in [0.1, 0.15) is 0 Å². The van der Waals surface area contributed by atoms with Gasteiger partial charge in [-0.05, 0) is 42.7 Å². The van der Waals surface area contributed by atoms with Gasteiger partial charge in [0, 0.05) is 6.04 Å². The topological polar surface area (TPSA) is 26.0 Å². The Labute approximate surface area is 100 Å². The number of hydrogen-bond donors (Lipinski definition) is 1. The Bertz CT molecular complexity index is 289. The van der Waals surface area contributed by atoms with Crippen LogP contribution in [0.3, 0.4) is 0 Å². The largest absolute Gasteiger partial charge is 0.328 e. The van der Waals surface area contributed by atoms with Crippen LogP contribution in [0.4, 0.5) is 0 Å². The molecule has 1 aromatic rings. The molecule has 2 unspecified atom stereocenters. The van der Waals surface area contributed by atoms with E-state index >= 15 is 0 Å². The van der Waals surface area contributed by atoms with Gasteiger partial charge in [-0.15, -0.1) is 0 Å². The Morgan fingerprint density at radius 2 is 1.69 bits per heavy atom. The number of hydrogen-bond acceptors (Lipinski definition) is 1. The van der Waals surface area contributed by atoms with Crippen molar-refractivity contribution in [3.63, 3.8) is 0 Å². The molecule has 1 nitrogen and oxygen atoms in total. The Morgan fingerprint density at radius 3 is 2.19 bits per heavy atom. The zero-order valence-electron chi connectivity index (χ0n) is 10.9. The Morgan fingerprint density at radius 1 is 1.06 bits per heavy atom. The summed E-state index contributed by atoms with van der Waals surface area (Å²) in [5, 5.41) is 0. The predicted octanol–water partition coefficient (Wildman–Crippen LogP) is 3.87. The summed E-state index contributed by atoms with van der Waals surface area (Å²) in [6.45, 7) is 6.65. The van der Waals surface area contributed by atoms with Crippen LogP contribution in [0.5, 0.6) is 0 Å². The number of benzene rings is 1. The third-order valence-corrected chi connectivity index (χ3v) is 3.45. The van der Waals surface area contributed by atoms with Crippen molar-refractivity contribution in [2.45, 2.75) is 58.4 Å². The zero-order valence-corrected chi connectivity index (χ0v) is 10.9. The van der Waals surface area contributed by atoms with Crippen LogP contribution in [0, 0.1) is 0 Å². The molecule has 0 bridgehead atoms. The van der Waals surface area contributed by atoms with Crippen LogP contribution in [0.25, 0.3) is 0 Å². The molecule has 0 aliphatic heterocycles. The van der Waals surface area contributed by atoms with E-state index in [0.717, 1.165) is 19.3 Å². The van der Waals surface area contributed by atoms with E-state index in [1.54, 1.807) is 0 Å². The zero-order chi connectivity index (χ0) is 12.0. The normalized spacial score (nSPS) is 14.8. The fraction of sp³-hybridized carbons (Fsp3) is 0.600. The summed E-state index contributed by atoms with van der Waals surface area (Å²) < 4.78 is 0. The predicted molar refractivity (Wildman–Crippen MR) is 71.7 cm³/mol. The first-order chi connectivity index (χ1) is 7.67. The van der Waals surface area contributed by atoms with E-state index in [-0.39, 0.29) is 0 Å². The van der Waals surface area contributed by atoms with Crippen LogP contribution in [0.2, 0.25) is 0 Å². The summed E-state index contributed by atoms with van der Waals surface area (Å²) in [7, 11) is 0. The first-order valence-corrected chi connectivity index (χ1v) is 6.51. The summed E-state index contributed by atoms with van der Waals surface area (Å²) in [5.41, 5.74) is 8.81. The highest BCUT2D eigenvalue weighted by molar-refractivity contribution is 5.24. The highest BCUT2D eigenvalue weighted by Gasteiger charge is 2.07. The van der Waals surface area contributed by atoms with E-state index in [9.17, 15) is 0 Å². The maximum Gasteiger partial charge on any atom is 0.00364 e. The standard InChI is InChI=1S/C15H25N/c1-4-13-7-9-14(10-8-13)12(3)6-11-15(16)5-2/h7-10,12,15H,4-6,11,16H2,1-3H3. The smallest absolute Gasteiger partial charge is 0.00364 e. The molecule has 0 heterocycles. The minimum Gasteiger partial charge on any atom is -0.328 e. The van der Waals surface area contributed by atoms with Gasteiger partial charge in [-0.25, -0.2) is 0 Å². The molecule has 1 rings (SSSR count). The van der Waals surface area contributed by atoms with Crippen molar-refractivity contribution in [1.29, 1.82) is 0 Å². The molecule has 0 aromatic heterocycles. The molecule has 0 amide bonds. The average molecular weight is 219 g/mol. The monoisotopic (exact) mass is 219 g/mol. The van der Waals surface area contributed by atoms with Crippen molar-refractivity contribution < 1.29 is 0 Å². The van der Waals surface area contributed by atoms with Gasteiger partial charge in [-0.3, -0.25) is 0 Å². The highest BCUT2D eigenvalue weighted by atomic mass is 14.6. The summed E-state index contributed by atoms with van der Waals surface area (Å²) in [4.78, 5) is 0. The number of nitrogens with two attached hydrogens (primary N) is 1. The molecule has 1 aromatic carbocycles. The van der Waals surface area contributed by atoms with Gasteiger partial charge in [-0.2, -0.15) is 0 Å². The first-order valence-electron chi connectivity index (χ1n) is 6.51. The van der Waals surface area contributed by atoms with Crippen LogP contribution in [0.15, 0.2) is 24.3 Å². The molecule has 0 aliphatic rings. The lowest BCUT2D eigenvalue weighted by Gasteiger charge is -2.15. The fourth-order valence-electron chi connectivity index (χ4n) is 1.92. The maximum absolute atomic E-state index is 5.94.